The molecular weight excluding hydrogens is 485 g/mol. The van der Waals surface area contributed by atoms with Crippen LogP contribution in [0.5, 0.6) is 0 Å². The predicted molar refractivity (Wildman–Crippen MR) is 141 cm³/mol. The summed E-state index contributed by atoms with van der Waals surface area (Å²) in [6.07, 6.45) is 8.55. The fourth-order valence-electron chi connectivity index (χ4n) is 3.04. The lowest BCUT2D eigenvalue weighted by Crippen LogP contribution is -2.28. The molecule has 3 atom stereocenters. The zero-order valence-corrected chi connectivity index (χ0v) is 22.7. The molecule has 3 unspecified atom stereocenters. The molecule has 1 fully saturated rings. The summed E-state index contributed by atoms with van der Waals surface area (Å²) in [6, 6.07) is 1.84. The molecule has 2 heterocycles. The Labute approximate surface area is 215 Å². The first-order valence-corrected chi connectivity index (χ1v) is 13.9. The minimum absolute atomic E-state index is 0.110. The maximum atomic E-state index is 12.0. The van der Waals surface area contributed by atoms with Gasteiger partial charge in [-0.05, 0) is 51.4 Å². The highest BCUT2D eigenvalue weighted by Gasteiger charge is 2.26. The number of anilines is 1. The quantitative estimate of drug-likeness (QED) is 0.134. The van der Waals surface area contributed by atoms with Gasteiger partial charge in [-0.2, -0.15) is 4.98 Å². The summed E-state index contributed by atoms with van der Waals surface area (Å²) < 4.78 is 17.0. The van der Waals surface area contributed by atoms with E-state index in [4.69, 9.17) is 15.2 Å². The lowest BCUT2D eigenvalue weighted by molar-refractivity contribution is -0.142. The molecular formula is C24H42N5O6P. The van der Waals surface area contributed by atoms with Gasteiger partial charge in [0, 0.05) is 12.2 Å². The van der Waals surface area contributed by atoms with Gasteiger partial charge in [0.15, 0.2) is 0 Å². The molecule has 1 aromatic rings. The fraction of sp³-hybridized carbons (Fsp3) is 0.667. The number of nitrogens with one attached hydrogen (secondary N) is 2. The summed E-state index contributed by atoms with van der Waals surface area (Å²) in [4.78, 5) is 37.0. The SMILES string of the molecule is CCCCOC(=O)CNP(/C=C/C1CCC(n2ccc(N)nc2=O)O1)NC(C)C.CCCCOC=O. The van der Waals surface area contributed by atoms with Gasteiger partial charge < -0.3 is 19.9 Å². The number of hydrogen-bond donors (Lipinski definition) is 3. The summed E-state index contributed by atoms with van der Waals surface area (Å²) in [5.41, 5.74) is 5.13. The molecule has 2 rings (SSSR count). The highest BCUT2D eigenvalue weighted by atomic mass is 31.1. The Balaban J connectivity index is 0.000000809. The van der Waals surface area contributed by atoms with Crippen LogP contribution in [-0.2, 0) is 23.8 Å². The molecule has 11 nitrogen and oxygen atoms in total. The van der Waals surface area contributed by atoms with Crippen LogP contribution in [-0.4, -0.2) is 53.9 Å². The number of aromatic nitrogens is 2. The van der Waals surface area contributed by atoms with Crippen LogP contribution in [0.25, 0.3) is 0 Å². The van der Waals surface area contributed by atoms with Crippen LogP contribution < -0.4 is 21.6 Å². The Morgan fingerprint density at radius 2 is 2.03 bits per heavy atom. The average molecular weight is 528 g/mol. The number of nitrogens with two attached hydrogens (primary N) is 1. The van der Waals surface area contributed by atoms with Crippen molar-refractivity contribution >= 4 is 26.5 Å². The minimum Gasteiger partial charge on any atom is -0.468 e. The van der Waals surface area contributed by atoms with Crippen molar-refractivity contribution in [3.63, 3.8) is 0 Å². The monoisotopic (exact) mass is 527 g/mol. The van der Waals surface area contributed by atoms with Crippen molar-refractivity contribution in [2.24, 2.45) is 0 Å². The number of nitrogens with zero attached hydrogens (tertiary/aromatic N) is 2. The van der Waals surface area contributed by atoms with Crippen molar-refractivity contribution in [2.45, 2.75) is 84.6 Å². The Hall–Kier alpha value is -2.33. The second kappa shape index (κ2) is 18.9. The second-order valence-corrected chi connectivity index (χ2v) is 10.1. The minimum atomic E-state index is -0.905. The van der Waals surface area contributed by atoms with E-state index in [1.54, 1.807) is 12.3 Å². The standard InChI is InChI=1S/C19H32N5O4P.C5H10O2/c1-4-5-11-27-18(25)13-21-29(23-14(2)3)12-9-15-6-7-17(28-15)24-10-8-16(20)22-19(24)26;1-2-3-4-7-5-6/h8-10,12,14-15,17,21,23H,4-7,11,13H2,1-3H3,(H2,20,22,26);5H,2-4H2,1H3/b12-9+;. The van der Waals surface area contributed by atoms with Gasteiger partial charge in [-0.3, -0.25) is 24.3 Å². The topological polar surface area (TPSA) is 147 Å². The third kappa shape index (κ3) is 13.7. The number of nitrogen functional groups attached to an aromatic ring is 1. The van der Waals surface area contributed by atoms with Crippen molar-refractivity contribution in [1.29, 1.82) is 0 Å². The largest absolute Gasteiger partial charge is 0.468 e. The van der Waals surface area contributed by atoms with E-state index in [0.717, 1.165) is 32.1 Å². The molecule has 0 radical (unpaired) electrons. The van der Waals surface area contributed by atoms with Crippen LogP contribution in [0.2, 0.25) is 0 Å². The molecule has 36 heavy (non-hydrogen) atoms. The maximum absolute atomic E-state index is 12.0. The van der Waals surface area contributed by atoms with Gasteiger partial charge in [0.1, 0.15) is 12.0 Å². The third-order valence-corrected chi connectivity index (χ3v) is 6.64. The molecule has 12 heteroatoms. The van der Waals surface area contributed by atoms with Gasteiger partial charge in [-0.25, -0.2) is 4.79 Å². The first-order chi connectivity index (χ1) is 17.3. The number of hydrogen-bond acceptors (Lipinski definition) is 10. The molecule has 1 aliphatic rings. The molecule has 1 saturated heterocycles. The van der Waals surface area contributed by atoms with Crippen molar-refractivity contribution in [1.82, 2.24) is 19.7 Å². The van der Waals surface area contributed by atoms with E-state index in [1.165, 1.54) is 4.57 Å². The number of unbranched alkanes of at least 4 members (excludes halogenated alkanes) is 2. The summed E-state index contributed by atoms with van der Waals surface area (Å²) in [5.74, 6) is 1.95. The van der Waals surface area contributed by atoms with Gasteiger partial charge in [0.05, 0.1) is 34.1 Å². The van der Waals surface area contributed by atoms with Crippen LogP contribution in [0, 0.1) is 0 Å². The maximum Gasteiger partial charge on any atom is 0.351 e. The normalized spacial score (nSPS) is 18.0. The lowest BCUT2D eigenvalue weighted by atomic mass is 10.2. The summed E-state index contributed by atoms with van der Waals surface area (Å²) in [5, 5.41) is 6.63. The number of ether oxygens (including phenoxy) is 3. The van der Waals surface area contributed by atoms with Gasteiger partial charge in [-0.15, -0.1) is 0 Å². The molecule has 0 spiro atoms. The fourth-order valence-corrected chi connectivity index (χ4v) is 4.55. The zero-order valence-electron chi connectivity index (χ0n) is 21.9. The first-order valence-electron chi connectivity index (χ1n) is 12.5. The Morgan fingerprint density at radius 3 is 2.67 bits per heavy atom. The predicted octanol–water partition coefficient (Wildman–Crippen LogP) is 3.22. The number of rotatable bonds is 15. The van der Waals surface area contributed by atoms with Crippen LogP contribution in [0.15, 0.2) is 29.0 Å². The van der Waals surface area contributed by atoms with E-state index >= 15 is 0 Å². The van der Waals surface area contributed by atoms with E-state index in [-0.39, 0.29) is 36.7 Å². The van der Waals surface area contributed by atoms with Crippen LogP contribution in [0.3, 0.4) is 0 Å². The summed E-state index contributed by atoms with van der Waals surface area (Å²) >= 11 is 0. The van der Waals surface area contributed by atoms with Gasteiger partial charge >= 0.3 is 11.7 Å². The van der Waals surface area contributed by atoms with Gasteiger partial charge in [0.2, 0.25) is 0 Å². The van der Waals surface area contributed by atoms with E-state index < -0.39 is 13.9 Å². The van der Waals surface area contributed by atoms with Crippen molar-refractivity contribution in [2.75, 3.05) is 25.5 Å². The molecule has 0 saturated carbocycles. The molecule has 0 amide bonds. The molecule has 4 N–H and O–H groups in total. The highest BCUT2D eigenvalue weighted by molar-refractivity contribution is 7.56. The Bertz CT molecular complexity index is 851. The second-order valence-electron chi connectivity index (χ2n) is 8.47. The van der Waals surface area contributed by atoms with Crippen molar-refractivity contribution in [3.05, 3.63) is 34.6 Å². The smallest absolute Gasteiger partial charge is 0.351 e. The number of esters is 1. The van der Waals surface area contributed by atoms with E-state index in [2.05, 4.69) is 26.8 Å². The highest BCUT2D eigenvalue weighted by Crippen LogP contribution is 2.32. The number of carbonyl (C=O) groups is 2. The zero-order chi connectivity index (χ0) is 26.8. The molecule has 1 aromatic heterocycles. The van der Waals surface area contributed by atoms with Crippen molar-refractivity contribution in [3.8, 4) is 0 Å². The Morgan fingerprint density at radius 1 is 1.31 bits per heavy atom. The van der Waals surface area contributed by atoms with E-state index in [0.29, 0.717) is 26.1 Å². The van der Waals surface area contributed by atoms with Gasteiger partial charge in [-0.1, -0.05) is 32.8 Å². The van der Waals surface area contributed by atoms with E-state index in [9.17, 15) is 14.4 Å². The summed E-state index contributed by atoms with van der Waals surface area (Å²) in [6.45, 7) is 9.86. The average Bonchev–Trinajstić information content (AvgIpc) is 3.30. The first kappa shape index (κ1) is 31.7. The summed E-state index contributed by atoms with van der Waals surface area (Å²) in [7, 11) is -0.905. The van der Waals surface area contributed by atoms with E-state index in [1.807, 2.05) is 32.7 Å². The number of carbonyl (C=O) groups excluding carboxylic acids is 2. The lowest BCUT2D eigenvalue weighted by Gasteiger charge is -2.19. The molecule has 0 aliphatic carbocycles. The molecule has 0 bridgehead atoms. The van der Waals surface area contributed by atoms with Crippen LogP contribution >= 0.6 is 8.22 Å². The Kier molecular flexibility index (Phi) is 16.6. The van der Waals surface area contributed by atoms with Gasteiger partial charge in [0.25, 0.3) is 6.47 Å². The van der Waals surface area contributed by atoms with Crippen LogP contribution in [0.1, 0.15) is 72.4 Å². The molecule has 204 valence electrons. The van der Waals surface area contributed by atoms with Crippen LogP contribution in [0.4, 0.5) is 5.82 Å². The third-order valence-electron chi connectivity index (χ3n) is 4.88. The van der Waals surface area contributed by atoms with Crippen molar-refractivity contribution < 1.29 is 23.8 Å². The molecule has 0 aromatic carbocycles. The molecule has 1 aliphatic heterocycles.